The Morgan fingerprint density at radius 3 is 2.62 bits per heavy atom. The van der Waals surface area contributed by atoms with Crippen molar-refractivity contribution >= 4 is 11.7 Å². The molecule has 0 aliphatic heterocycles. The summed E-state index contributed by atoms with van der Waals surface area (Å²) in [5.74, 6) is 1.29. The van der Waals surface area contributed by atoms with Crippen molar-refractivity contribution in [1.82, 2.24) is 9.78 Å². The predicted molar refractivity (Wildman–Crippen MR) is 94.2 cm³/mol. The molecule has 1 aromatic carbocycles. The molecule has 1 unspecified atom stereocenters. The third kappa shape index (κ3) is 3.96. The second-order valence-electron chi connectivity index (χ2n) is 6.52. The third-order valence-electron chi connectivity index (χ3n) is 4.55. The largest absolute Gasteiger partial charge is 0.481 e. The molecule has 1 fully saturated rings. The molecule has 1 N–H and O–H groups in total. The molecule has 0 bridgehead atoms. The highest BCUT2D eigenvalue weighted by Gasteiger charge is 2.21. The zero-order valence-corrected chi connectivity index (χ0v) is 14.4. The second-order valence-corrected chi connectivity index (χ2v) is 6.52. The van der Waals surface area contributed by atoms with E-state index in [-0.39, 0.29) is 5.91 Å². The molecule has 1 aliphatic carbocycles. The van der Waals surface area contributed by atoms with Crippen molar-refractivity contribution in [2.24, 2.45) is 0 Å². The van der Waals surface area contributed by atoms with Crippen LogP contribution in [0.2, 0.25) is 0 Å². The van der Waals surface area contributed by atoms with Crippen LogP contribution in [-0.2, 0) is 4.79 Å². The quantitative estimate of drug-likeness (QED) is 0.899. The Kier molecular flexibility index (Phi) is 5.18. The minimum Gasteiger partial charge on any atom is -0.481 e. The number of hydrogen-bond donors (Lipinski definition) is 1. The molecule has 0 saturated heterocycles. The standard InChI is InChI=1S/C19H25N3O2/c1-14-8-10-17(11-9-14)24-15(2)19(23)21-18-12-13-20-22(18)16-6-4-3-5-7-16/h8-13,15-16H,3-7H2,1-2H3,(H,21,23). The molecule has 5 nitrogen and oxygen atoms in total. The molecule has 1 aliphatic rings. The number of hydrogen-bond acceptors (Lipinski definition) is 3. The molecule has 24 heavy (non-hydrogen) atoms. The van der Waals surface area contributed by atoms with Crippen molar-refractivity contribution in [2.75, 3.05) is 5.32 Å². The fraction of sp³-hybridized carbons (Fsp3) is 0.474. The average Bonchev–Trinajstić information content (AvgIpc) is 3.05. The Labute approximate surface area is 143 Å². The highest BCUT2D eigenvalue weighted by Crippen LogP contribution is 2.30. The Hall–Kier alpha value is -2.30. The van der Waals surface area contributed by atoms with E-state index in [0.29, 0.717) is 11.8 Å². The molecule has 128 valence electrons. The molecule has 0 spiro atoms. The molecule has 3 rings (SSSR count). The van der Waals surface area contributed by atoms with E-state index in [4.69, 9.17) is 4.74 Å². The second kappa shape index (κ2) is 7.51. The summed E-state index contributed by atoms with van der Waals surface area (Å²) in [4.78, 5) is 12.4. The zero-order chi connectivity index (χ0) is 16.9. The van der Waals surface area contributed by atoms with Crippen LogP contribution in [0.3, 0.4) is 0 Å². The van der Waals surface area contributed by atoms with Crippen molar-refractivity contribution in [3.05, 3.63) is 42.1 Å². The number of carbonyl (C=O) groups excluding carboxylic acids is 1. The van der Waals surface area contributed by atoms with Gasteiger partial charge >= 0.3 is 0 Å². The van der Waals surface area contributed by atoms with Crippen LogP contribution < -0.4 is 10.1 Å². The Morgan fingerprint density at radius 1 is 1.21 bits per heavy atom. The van der Waals surface area contributed by atoms with Crippen LogP contribution in [0.25, 0.3) is 0 Å². The lowest BCUT2D eigenvalue weighted by Gasteiger charge is -2.24. The summed E-state index contributed by atoms with van der Waals surface area (Å²) < 4.78 is 7.68. The maximum atomic E-state index is 12.4. The van der Waals surface area contributed by atoms with Gasteiger partial charge in [0.2, 0.25) is 0 Å². The number of amides is 1. The van der Waals surface area contributed by atoms with Crippen molar-refractivity contribution in [3.8, 4) is 5.75 Å². The van der Waals surface area contributed by atoms with E-state index in [1.165, 1.54) is 19.3 Å². The van der Waals surface area contributed by atoms with Crippen LogP contribution >= 0.6 is 0 Å². The van der Waals surface area contributed by atoms with Crippen LogP contribution in [0, 0.1) is 6.92 Å². The van der Waals surface area contributed by atoms with Gasteiger partial charge < -0.3 is 10.1 Å². The first-order valence-corrected chi connectivity index (χ1v) is 8.71. The molecule has 1 saturated carbocycles. The number of aryl methyl sites for hydroxylation is 1. The van der Waals surface area contributed by atoms with E-state index < -0.39 is 6.10 Å². The minimum atomic E-state index is -0.567. The van der Waals surface area contributed by atoms with E-state index in [9.17, 15) is 4.79 Å². The predicted octanol–water partition coefficient (Wildman–Crippen LogP) is 4.10. The first kappa shape index (κ1) is 16.6. The van der Waals surface area contributed by atoms with Crippen LogP contribution in [0.5, 0.6) is 5.75 Å². The molecule has 1 atom stereocenters. The van der Waals surface area contributed by atoms with E-state index >= 15 is 0 Å². The SMILES string of the molecule is Cc1ccc(OC(C)C(=O)Nc2ccnn2C2CCCCC2)cc1. The van der Waals surface area contributed by atoms with Gasteiger partial charge in [0.05, 0.1) is 12.2 Å². The number of ether oxygens (including phenoxy) is 1. The van der Waals surface area contributed by atoms with Crippen molar-refractivity contribution in [2.45, 2.75) is 58.1 Å². The van der Waals surface area contributed by atoms with Gasteiger partial charge in [-0.25, -0.2) is 4.68 Å². The monoisotopic (exact) mass is 327 g/mol. The van der Waals surface area contributed by atoms with Gasteiger partial charge in [-0.05, 0) is 38.8 Å². The number of rotatable bonds is 5. The van der Waals surface area contributed by atoms with Gasteiger partial charge in [-0.15, -0.1) is 0 Å². The number of carbonyl (C=O) groups is 1. The summed E-state index contributed by atoms with van der Waals surface area (Å²) in [6.07, 6.45) is 7.18. The summed E-state index contributed by atoms with van der Waals surface area (Å²) in [5.41, 5.74) is 1.16. The first-order valence-electron chi connectivity index (χ1n) is 8.71. The molecule has 1 heterocycles. The van der Waals surface area contributed by atoms with E-state index in [1.807, 2.05) is 41.9 Å². The molecule has 5 heteroatoms. The molecule has 2 aromatic rings. The number of nitrogens with zero attached hydrogens (tertiary/aromatic N) is 2. The summed E-state index contributed by atoms with van der Waals surface area (Å²) in [6, 6.07) is 9.94. The summed E-state index contributed by atoms with van der Waals surface area (Å²) in [7, 11) is 0. The van der Waals surface area contributed by atoms with Gasteiger partial charge in [0.1, 0.15) is 11.6 Å². The number of nitrogens with one attached hydrogen (secondary N) is 1. The van der Waals surface area contributed by atoms with E-state index in [1.54, 1.807) is 13.1 Å². The fourth-order valence-electron chi connectivity index (χ4n) is 3.13. The Balaban J connectivity index is 1.62. The van der Waals surface area contributed by atoms with Gasteiger partial charge in [-0.3, -0.25) is 4.79 Å². The van der Waals surface area contributed by atoms with Crippen LogP contribution in [0.4, 0.5) is 5.82 Å². The smallest absolute Gasteiger partial charge is 0.266 e. The molecular weight excluding hydrogens is 302 g/mol. The summed E-state index contributed by atoms with van der Waals surface area (Å²) in [6.45, 7) is 3.78. The van der Waals surface area contributed by atoms with Crippen LogP contribution in [-0.4, -0.2) is 21.8 Å². The van der Waals surface area contributed by atoms with Gasteiger partial charge in [0.25, 0.3) is 5.91 Å². The number of benzene rings is 1. The van der Waals surface area contributed by atoms with Gasteiger partial charge in [0.15, 0.2) is 6.10 Å². The molecule has 1 aromatic heterocycles. The molecule has 0 radical (unpaired) electrons. The first-order chi connectivity index (χ1) is 11.6. The van der Waals surface area contributed by atoms with Crippen molar-refractivity contribution in [3.63, 3.8) is 0 Å². The van der Waals surface area contributed by atoms with Crippen molar-refractivity contribution in [1.29, 1.82) is 0 Å². The molecule has 1 amide bonds. The molecular formula is C19H25N3O2. The average molecular weight is 327 g/mol. The topological polar surface area (TPSA) is 56.1 Å². The number of anilines is 1. The highest BCUT2D eigenvalue weighted by atomic mass is 16.5. The highest BCUT2D eigenvalue weighted by molar-refractivity contribution is 5.93. The lowest BCUT2D eigenvalue weighted by atomic mass is 9.96. The fourth-order valence-corrected chi connectivity index (χ4v) is 3.13. The van der Waals surface area contributed by atoms with Gasteiger partial charge in [-0.2, -0.15) is 5.10 Å². The lowest BCUT2D eigenvalue weighted by Crippen LogP contribution is -2.31. The summed E-state index contributed by atoms with van der Waals surface area (Å²) >= 11 is 0. The lowest BCUT2D eigenvalue weighted by molar-refractivity contribution is -0.122. The number of aromatic nitrogens is 2. The Bertz CT molecular complexity index is 672. The van der Waals surface area contributed by atoms with E-state index in [0.717, 1.165) is 24.2 Å². The maximum absolute atomic E-state index is 12.4. The third-order valence-corrected chi connectivity index (χ3v) is 4.55. The van der Waals surface area contributed by atoms with Crippen molar-refractivity contribution < 1.29 is 9.53 Å². The van der Waals surface area contributed by atoms with Crippen LogP contribution in [0.15, 0.2) is 36.5 Å². The van der Waals surface area contributed by atoms with Crippen LogP contribution in [0.1, 0.15) is 50.6 Å². The maximum Gasteiger partial charge on any atom is 0.266 e. The zero-order valence-electron chi connectivity index (χ0n) is 14.4. The summed E-state index contributed by atoms with van der Waals surface area (Å²) in [5, 5.41) is 7.36. The normalized spacial score (nSPS) is 16.6. The van der Waals surface area contributed by atoms with Gasteiger partial charge in [-0.1, -0.05) is 37.0 Å². The minimum absolute atomic E-state index is 0.159. The van der Waals surface area contributed by atoms with E-state index in [2.05, 4.69) is 10.4 Å². The van der Waals surface area contributed by atoms with Gasteiger partial charge in [0, 0.05) is 6.07 Å². The Morgan fingerprint density at radius 2 is 1.92 bits per heavy atom.